The van der Waals surface area contributed by atoms with Gasteiger partial charge in [-0.25, -0.2) is 0 Å². The molecule has 3 heteroatoms. The summed E-state index contributed by atoms with van der Waals surface area (Å²) in [6, 6.07) is 0.886. The lowest BCUT2D eigenvalue weighted by molar-refractivity contribution is 0.108. The Kier molecular flexibility index (Phi) is 7.87. The highest BCUT2D eigenvalue weighted by Gasteiger charge is 2.24. The Morgan fingerprint density at radius 1 is 1.06 bits per heavy atom. The Balaban J connectivity index is 2.25. The molecule has 3 nitrogen and oxygen atoms in total. The maximum Gasteiger partial charge on any atom is 0.0555 e. The molecule has 0 saturated carbocycles. The second-order valence-corrected chi connectivity index (χ2v) is 5.82. The van der Waals surface area contributed by atoms with E-state index in [1.54, 1.807) is 0 Å². The average molecular weight is 257 g/mol. The fourth-order valence-corrected chi connectivity index (χ4v) is 2.86. The molecule has 1 aliphatic rings. The first-order valence-corrected chi connectivity index (χ1v) is 7.77. The Bertz CT molecular complexity index is 211. The van der Waals surface area contributed by atoms with E-state index in [0.29, 0.717) is 12.1 Å². The lowest BCUT2D eigenvalue weighted by Crippen LogP contribution is -2.45. The van der Waals surface area contributed by atoms with Gasteiger partial charge in [-0.1, -0.05) is 33.1 Å². The summed E-state index contributed by atoms with van der Waals surface area (Å²) >= 11 is 0. The summed E-state index contributed by atoms with van der Waals surface area (Å²) < 4.78 is 0. The Morgan fingerprint density at radius 3 is 2.22 bits per heavy atom. The zero-order chi connectivity index (χ0) is 13.4. The van der Waals surface area contributed by atoms with Crippen molar-refractivity contribution in [1.82, 2.24) is 5.32 Å². The zero-order valence-corrected chi connectivity index (χ0v) is 12.1. The quantitative estimate of drug-likeness (QED) is 0.626. The number of piperidine rings is 1. The van der Waals surface area contributed by atoms with E-state index >= 15 is 0 Å². The Hall–Kier alpha value is -0.120. The smallest absolute Gasteiger partial charge is 0.0555 e. The van der Waals surface area contributed by atoms with Crippen molar-refractivity contribution in [3.63, 3.8) is 0 Å². The standard InChI is InChI=1S/C15H31NO2/c1-3-5-9-15(18)11-13-8-6-7-12(16-13)10-14(17)4-2/h12-18H,3-11H2,1-2H3. The summed E-state index contributed by atoms with van der Waals surface area (Å²) in [6.45, 7) is 4.19. The summed E-state index contributed by atoms with van der Waals surface area (Å²) in [5.41, 5.74) is 0. The molecule has 1 fully saturated rings. The van der Waals surface area contributed by atoms with Crippen LogP contribution in [0.1, 0.15) is 71.6 Å². The van der Waals surface area contributed by atoms with Crippen molar-refractivity contribution in [1.29, 1.82) is 0 Å². The molecule has 0 aliphatic carbocycles. The molecule has 4 atom stereocenters. The van der Waals surface area contributed by atoms with E-state index < -0.39 is 0 Å². The molecule has 0 spiro atoms. The van der Waals surface area contributed by atoms with Crippen LogP contribution in [0.2, 0.25) is 0 Å². The van der Waals surface area contributed by atoms with Crippen LogP contribution in [-0.2, 0) is 0 Å². The minimum atomic E-state index is -0.175. The van der Waals surface area contributed by atoms with E-state index in [9.17, 15) is 10.2 Å². The Morgan fingerprint density at radius 2 is 1.67 bits per heavy atom. The highest BCUT2D eigenvalue weighted by Crippen LogP contribution is 2.21. The van der Waals surface area contributed by atoms with Crippen molar-refractivity contribution in [3.05, 3.63) is 0 Å². The topological polar surface area (TPSA) is 52.5 Å². The minimum Gasteiger partial charge on any atom is -0.393 e. The number of hydrogen-bond acceptors (Lipinski definition) is 3. The van der Waals surface area contributed by atoms with Crippen molar-refractivity contribution < 1.29 is 10.2 Å². The van der Waals surface area contributed by atoms with Gasteiger partial charge < -0.3 is 15.5 Å². The molecule has 1 rings (SSSR count). The second kappa shape index (κ2) is 8.89. The lowest BCUT2D eigenvalue weighted by atomic mass is 9.91. The largest absolute Gasteiger partial charge is 0.393 e. The summed E-state index contributed by atoms with van der Waals surface area (Å²) in [5.74, 6) is 0. The summed E-state index contributed by atoms with van der Waals surface area (Å²) in [6.07, 6.45) is 8.99. The van der Waals surface area contributed by atoms with Crippen LogP contribution >= 0.6 is 0 Å². The van der Waals surface area contributed by atoms with Crippen molar-refractivity contribution in [3.8, 4) is 0 Å². The van der Waals surface area contributed by atoms with Crippen LogP contribution in [0.5, 0.6) is 0 Å². The van der Waals surface area contributed by atoms with Gasteiger partial charge in [-0.15, -0.1) is 0 Å². The van der Waals surface area contributed by atoms with E-state index in [0.717, 1.165) is 38.5 Å². The first kappa shape index (κ1) is 15.9. The number of nitrogens with one attached hydrogen (secondary N) is 1. The van der Waals surface area contributed by atoms with Crippen LogP contribution in [-0.4, -0.2) is 34.5 Å². The molecule has 0 amide bonds. The second-order valence-electron chi connectivity index (χ2n) is 5.82. The molecule has 1 heterocycles. The summed E-state index contributed by atoms with van der Waals surface area (Å²) in [4.78, 5) is 0. The van der Waals surface area contributed by atoms with E-state index in [1.165, 1.54) is 19.3 Å². The molecule has 0 aromatic heterocycles. The molecule has 18 heavy (non-hydrogen) atoms. The number of unbranched alkanes of at least 4 members (excludes halogenated alkanes) is 1. The van der Waals surface area contributed by atoms with Gasteiger partial charge in [0.25, 0.3) is 0 Å². The van der Waals surface area contributed by atoms with E-state index in [2.05, 4.69) is 12.2 Å². The highest BCUT2D eigenvalue weighted by molar-refractivity contribution is 4.83. The third-order valence-electron chi connectivity index (χ3n) is 4.05. The van der Waals surface area contributed by atoms with Crippen molar-refractivity contribution >= 4 is 0 Å². The van der Waals surface area contributed by atoms with Crippen LogP contribution in [0.4, 0.5) is 0 Å². The van der Waals surface area contributed by atoms with Gasteiger partial charge in [-0.3, -0.25) is 0 Å². The molecule has 1 aliphatic heterocycles. The number of aliphatic hydroxyl groups is 2. The van der Waals surface area contributed by atoms with Crippen LogP contribution in [0.25, 0.3) is 0 Å². The first-order valence-electron chi connectivity index (χ1n) is 7.77. The first-order chi connectivity index (χ1) is 8.65. The van der Waals surface area contributed by atoms with Crippen LogP contribution in [0.3, 0.4) is 0 Å². The molecule has 3 N–H and O–H groups in total. The zero-order valence-electron chi connectivity index (χ0n) is 12.1. The predicted molar refractivity (Wildman–Crippen MR) is 75.6 cm³/mol. The maximum absolute atomic E-state index is 9.96. The average Bonchev–Trinajstić information content (AvgIpc) is 2.36. The van der Waals surface area contributed by atoms with Gasteiger partial charge in [0, 0.05) is 12.1 Å². The highest BCUT2D eigenvalue weighted by atomic mass is 16.3. The molecule has 108 valence electrons. The maximum atomic E-state index is 9.96. The molecule has 1 saturated heterocycles. The van der Waals surface area contributed by atoms with Gasteiger partial charge in [-0.2, -0.15) is 0 Å². The predicted octanol–water partition coefficient (Wildman–Crippen LogP) is 2.60. The monoisotopic (exact) mass is 257 g/mol. The van der Waals surface area contributed by atoms with E-state index in [4.69, 9.17) is 0 Å². The van der Waals surface area contributed by atoms with Crippen molar-refractivity contribution in [2.45, 2.75) is 95.9 Å². The van der Waals surface area contributed by atoms with Crippen LogP contribution in [0, 0.1) is 0 Å². The lowest BCUT2D eigenvalue weighted by Gasteiger charge is -2.33. The van der Waals surface area contributed by atoms with Gasteiger partial charge in [0.05, 0.1) is 12.2 Å². The van der Waals surface area contributed by atoms with Crippen LogP contribution < -0.4 is 5.32 Å². The van der Waals surface area contributed by atoms with Crippen molar-refractivity contribution in [2.75, 3.05) is 0 Å². The third-order valence-corrected chi connectivity index (χ3v) is 4.05. The van der Waals surface area contributed by atoms with Crippen molar-refractivity contribution in [2.24, 2.45) is 0 Å². The summed E-state index contributed by atoms with van der Waals surface area (Å²) in [7, 11) is 0. The van der Waals surface area contributed by atoms with Gasteiger partial charge in [0.15, 0.2) is 0 Å². The molecule has 4 unspecified atom stereocenters. The molecule has 0 radical (unpaired) electrons. The molecular formula is C15H31NO2. The SMILES string of the molecule is CCCCC(O)CC1CCCC(CC(O)CC)N1. The molecule has 0 aromatic rings. The fourth-order valence-electron chi connectivity index (χ4n) is 2.86. The van der Waals surface area contributed by atoms with Gasteiger partial charge in [0.2, 0.25) is 0 Å². The van der Waals surface area contributed by atoms with E-state index in [-0.39, 0.29) is 12.2 Å². The molecule has 0 aromatic carbocycles. The Labute approximate surface area is 112 Å². The van der Waals surface area contributed by atoms with Crippen LogP contribution in [0.15, 0.2) is 0 Å². The summed E-state index contributed by atoms with van der Waals surface area (Å²) in [5, 5.41) is 23.3. The van der Waals surface area contributed by atoms with Gasteiger partial charge in [0.1, 0.15) is 0 Å². The molecule has 0 bridgehead atoms. The normalized spacial score (nSPS) is 28.0. The van der Waals surface area contributed by atoms with Gasteiger partial charge >= 0.3 is 0 Å². The van der Waals surface area contributed by atoms with Gasteiger partial charge in [-0.05, 0) is 38.5 Å². The molecular weight excluding hydrogens is 226 g/mol. The third kappa shape index (κ3) is 6.17. The van der Waals surface area contributed by atoms with E-state index in [1.807, 2.05) is 6.92 Å². The minimum absolute atomic E-state index is 0.155. The number of rotatable bonds is 8. The number of hydrogen-bond donors (Lipinski definition) is 3. The fraction of sp³-hybridized carbons (Fsp3) is 1.00. The number of aliphatic hydroxyl groups excluding tert-OH is 2.